The standard InChI is InChI=1S/C23H19ClN6O3/c24-15-1-2-16(27-8-15)6-20(32)29-17-5-14(7-25-9-17)21(33)19-11-30(23(12-31)3-4-23)22-18(19)10-26-13-28-22/h1-2,5,7-11,13,31H,3-4,6,12H2,(H,29,32). The Morgan fingerprint density at radius 2 is 1.97 bits per heavy atom. The van der Waals surface area contributed by atoms with E-state index in [0.29, 0.717) is 38.6 Å². The van der Waals surface area contributed by atoms with Crippen molar-refractivity contribution in [1.82, 2.24) is 24.5 Å². The first kappa shape index (κ1) is 21.2. The first-order valence-electron chi connectivity index (χ1n) is 10.3. The van der Waals surface area contributed by atoms with Crippen molar-refractivity contribution in [2.75, 3.05) is 11.9 Å². The minimum atomic E-state index is -0.422. The molecule has 1 amide bonds. The fraction of sp³-hybridized carbons (Fsp3) is 0.217. The van der Waals surface area contributed by atoms with E-state index < -0.39 is 5.54 Å². The maximum absolute atomic E-state index is 13.4. The normalized spacial score (nSPS) is 14.2. The highest BCUT2D eigenvalue weighted by Crippen LogP contribution is 2.45. The molecule has 4 heterocycles. The van der Waals surface area contributed by atoms with Crippen molar-refractivity contribution in [3.8, 4) is 0 Å². The molecule has 0 atom stereocenters. The molecular weight excluding hydrogens is 444 g/mol. The van der Waals surface area contributed by atoms with Gasteiger partial charge in [0.05, 0.1) is 41.0 Å². The predicted molar refractivity (Wildman–Crippen MR) is 121 cm³/mol. The van der Waals surface area contributed by atoms with Crippen molar-refractivity contribution in [1.29, 1.82) is 0 Å². The Labute approximate surface area is 193 Å². The lowest BCUT2D eigenvalue weighted by molar-refractivity contribution is -0.115. The average Bonchev–Trinajstić information content (AvgIpc) is 3.53. The Bertz CT molecular complexity index is 1360. The van der Waals surface area contributed by atoms with Gasteiger partial charge < -0.3 is 15.0 Å². The average molecular weight is 463 g/mol. The van der Waals surface area contributed by atoms with Gasteiger partial charge in [0.25, 0.3) is 0 Å². The SMILES string of the molecule is O=C(Cc1ccc(Cl)cn1)Nc1cncc(C(=O)c2cn(C3(CO)CC3)c3ncncc23)c1. The predicted octanol–water partition coefficient (Wildman–Crippen LogP) is 2.77. The fourth-order valence-electron chi connectivity index (χ4n) is 3.80. The van der Waals surface area contributed by atoms with Gasteiger partial charge in [0, 0.05) is 41.4 Å². The number of ketones is 1. The van der Waals surface area contributed by atoms with E-state index in [-0.39, 0.29) is 24.7 Å². The molecule has 1 aliphatic carbocycles. The topological polar surface area (TPSA) is 123 Å². The third-order valence-corrected chi connectivity index (χ3v) is 5.98. The maximum Gasteiger partial charge on any atom is 0.230 e. The van der Waals surface area contributed by atoms with Crippen LogP contribution in [0.5, 0.6) is 0 Å². The summed E-state index contributed by atoms with van der Waals surface area (Å²) in [5, 5.41) is 13.7. The van der Waals surface area contributed by atoms with Crippen molar-refractivity contribution >= 4 is 40.0 Å². The van der Waals surface area contributed by atoms with E-state index in [1.807, 2.05) is 4.57 Å². The number of pyridine rings is 2. The number of carbonyl (C=O) groups is 2. The molecule has 5 rings (SSSR count). The molecule has 1 aliphatic rings. The zero-order valence-electron chi connectivity index (χ0n) is 17.4. The summed E-state index contributed by atoms with van der Waals surface area (Å²) in [6.45, 7) is -0.0278. The molecule has 1 saturated carbocycles. The van der Waals surface area contributed by atoms with Crippen LogP contribution in [0.2, 0.25) is 5.02 Å². The molecule has 9 nitrogen and oxygen atoms in total. The molecule has 0 unspecified atom stereocenters. The number of aromatic nitrogens is 5. The van der Waals surface area contributed by atoms with Gasteiger partial charge in [-0.15, -0.1) is 0 Å². The quantitative estimate of drug-likeness (QED) is 0.405. The highest BCUT2D eigenvalue weighted by Gasteiger charge is 2.45. The van der Waals surface area contributed by atoms with Crippen LogP contribution in [0.15, 0.2) is 55.5 Å². The number of carbonyl (C=O) groups excluding carboxylic acids is 2. The highest BCUT2D eigenvalue weighted by molar-refractivity contribution is 6.30. The Balaban J connectivity index is 1.40. The van der Waals surface area contributed by atoms with Gasteiger partial charge in [-0.2, -0.15) is 0 Å². The van der Waals surface area contributed by atoms with Crippen LogP contribution in [0.3, 0.4) is 0 Å². The Morgan fingerprint density at radius 1 is 1.12 bits per heavy atom. The van der Waals surface area contributed by atoms with Crippen molar-refractivity contribution in [3.05, 3.63) is 77.4 Å². The number of aliphatic hydroxyl groups is 1. The molecule has 10 heteroatoms. The number of halogens is 1. The van der Waals surface area contributed by atoms with Crippen molar-refractivity contribution in [2.45, 2.75) is 24.8 Å². The molecule has 2 N–H and O–H groups in total. The van der Waals surface area contributed by atoms with Crippen molar-refractivity contribution < 1.29 is 14.7 Å². The number of nitrogens with one attached hydrogen (secondary N) is 1. The van der Waals surface area contributed by atoms with Crippen LogP contribution < -0.4 is 5.32 Å². The number of nitrogens with zero attached hydrogens (tertiary/aromatic N) is 5. The minimum absolute atomic E-state index is 0.0278. The van der Waals surface area contributed by atoms with Crippen LogP contribution in [0.4, 0.5) is 5.69 Å². The molecule has 0 spiro atoms. The molecule has 0 saturated heterocycles. The van der Waals surface area contributed by atoms with Gasteiger partial charge in [-0.1, -0.05) is 11.6 Å². The molecule has 33 heavy (non-hydrogen) atoms. The number of anilines is 1. The van der Waals surface area contributed by atoms with Gasteiger partial charge in [-0.3, -0.25) is 19.6 Å². The summed E-state index contributed by atoms with van der Waals surface area (Å²) in [6.07, 6.45) is 10.8. The smallest absolute Gasteiger partial charge is 0.230 e. The lowest BCUT2D eigenvalue weighted by Crippen LogP contribution is -2.21. The lowest BCUT2D eigenvalue weighted by atomic mass is 10.1. The Kier molecular flexibility index (Phi) is 5.35. The zero-order chi connectivity index (χ0) is 23.0. The lowest BCUT2D eigenvalue weighted by Gasteiger charge is -2.14. The summed E-state index contributed by atoms with van der Waals surface area (Å²) in [5.41, 5.74) is 1.88. The van der Waals surface area contributed by atoms with E-state index in [2.05, 4.69) is 25.3 Å². The summed E-state index contributed by atoms with van der Waals surface area (Å²) in [7, 11) is 0. The van der Waals surface area contributed by atoms with Crippen LogP contribution in [0.25, 0.3) is 11.0 Å². The second kappa shape index (κ2) is 8.34. The zero-order valence-corrected chi connectivity index (χ0v) is 18.2. The molecule has 0 bridgehead atoms. The highest BCUT2D eigenvalue weighted by atomic mass is 35.5. The number of aliphatic hydroxyl groups excluding tert-OH is 1. The van der Waals surface area contributed by atoms with Crippen molar-refractivity contribution in [3.63, 3.8) is 0 Å². The summed E-state index contributed by atoms with van der Waals surface area (Å²) in [5.74, 6) is -0.565. The molecule has 0 aromatic carbocycles. The molecule has 4 aromatic rings. The number of fused-ring (bicyclic) bond motifs is 1. The first-order chi connectivity index (χ1) is 16.0. The van der Waals surface area contributed by atoms with E-state index in [0.717, 1.165) is 12.8 Å². The molecule has 0 aliphatic heterocycles. The van der Waals surface area contributed by atoms with Gasteiger partial charge in [-0.05, 0) is 31.0 Å². The monoisotopic (exact) mass is 462 g/mol. The summed E-state index contributed by atoms with van der Waals surface area (Å²) in [6, 6.07) is 4.92. The molecule has 0 radical (unpaired) electrons. The van der Waals surface area contributed by atoms with Crippen molar-refractivity contribution in [2.24, 2.45) is 0 Å². The molecular formula is C23H19ClN6O3. The first-order valence-corrected chi connectivity index (χ1v) is 10.7. The molecule has 166 valence electrons. The van der Waals surface area contributed by atoms with Gasteiger partial charge >= 0.3 is 0 Å². The third-order valence-electron chi connectivity index (χ3n) is 5.76. The van der Waals surface area contributed by atoms with Gasteiger partial charge in [-0.25, -0.2) is 9.97 Å². The van der Waals surface area contributed by atoms with Crippen LogP contribution in [-0.2, 0) is 16.8 Å². The van der Waals surface area contributed by atoms with Crippen LogP contribution in [0.1, 0.15) is 34.5 Å². The second-order valence-electron chi connectivity index (χ2n) is 8.04. The second-order valence-corrected chi connectivity index (χ2v) is 8.48. The largest absolute Gasteiger partial charge is 0.394 e. The number of amides is 1. The number of hydrogen-bond acceptors (Lipinski definition) is 7. The summed E-state index contributed by atoms with van der Waals surface area (Å²) >= 11 is 5.83. The Hall–Kier alpha value is -3.69. The van der Waals surface area contributed by atoms with E-state index in [1.165, 1.54) is 24.9 Å². The number of rotatable bonds is 7. The van der Waals surface area contributed by atoms with E-state index in [9.17, 15) is 14.7 Å². The van der Waals surface area contributed by atoms with Gasteiger partial charge in [0.15, 0.2) is 5.78 Å². The van der Waals surface area contributed by atoms with E-state index in [1.54, 1.807) is 30.6 Å². The summed E-state index contributed by atoms with van der Waals surface area (Å²) < 4.78 is 1.87. The van der Waals surface area contributed by atoms with E-state index >= 15 is 0 Å². The maximum atomic E-state index is 13.4. The fourth-order valence-corrected chi connectivity index (χ4v) is 3.91. The van der Waals surface area contributed by atoms with E-state index in [4.69, 9.17) is 11.6 Å². The van der Waals surface area contributed by atoms with Crippen LogP contribution in [0, 0.1) is 0 Å². The third kappa shape index (κ3) is 4.08. The molecule has 1 fully saturated rings. The minimum Gasteiger partial charge on any atom is -0.394 e. The van der Waals surface area contributed by atoms with Gasteiger partial charge in [0.1, 0.15) is 12.0 Å². The molecule has 4 aromatic heterocycles. The Morgan fingerprint density at radius 3 is 2.70 bits per heavy atom. The van der Waals surface area contributed by atoms with Crippen LogP contribution in [-0.4, -0.2) is 47.9 Å². The number of hydrogen-bond donors (Lipinski definition) is 2. The van der Waals surface area contributed by atoms with Crippen LogP contribution >= 0.6 is 11.6 Å². The van der Waals surface area contributed by atoms with Gasteiger partial charge in [0.2, 0.25) is 5.91 Å². The summed E-state index contributed by atoms with van der Waals surface area (Å²) in [4.78, 5) is 42.4.